The van der Waals surface area contributed by atoms with E-state index in [1.807, 2.05) is 6.92 Å². The molecule has 1 aliphatic rings. The van der Waals surface area contributed by atoms with Crippen molar-refractivity contribution in [2.75, 3.05) is 25.5 Å². The predicted molar refractivity (Wildman–Crippen MR) is 71.4 cm³/mol. The quantitative estimate of drug-likeness (QED) is 0.819. The average molecular weight is 266 g/mol. The summed E-state index contributed by atoms with van der Waals surface area (Å²) in [4.78, 5) is 12.2. The van der Waals surface area contributed by atoms with Gasteiger partial charge in [-0.15, -0.1) is 0 Å². The van der Waals surface area contributed by atoms with Crippen molar-refractivity contribution in [3.8, 4) is 0 Å². The first kappa shape index (κ1) is 13.8. The lowest BCUT2D eigenvalue weighted by Crippen LogP contribution is -2.59. The minimum Gasteiger partial charge on any atom is -0.467 e. The molecule has 1 fully saturated rings. The average Bonchev–Trinajstić information content (AvgIpc) is 2.43. The Morgan fingerprint density at radius 2 is 2.26 bits per heavy atom. The maximum absolute atomic E-state index is 13.8. The molecule has 0 saturated carbocycles. The Morgan fingerprint density at radius 3 is 2.89 bits per heavy atom. The van der Waals surface area contributed by atoms with Crippen LogP contribution in [0.5, 0.6) is 0 Å². The zero-order valence-corrected chi connectivity index (χ0v) is 11.2. The number of carbonyl (C=O) groups excluding carboxylic acids is 1. The summed E-state index contributed by atoms with van der Waals surface area (Å²) in [5.41, 5.74) is -0.538. The Bertz CT molecular complexity index is 467. The van der Waals surface area contributed by atoms with Gasteiger partial charge in [0.25, 0.3) is 0 Å². The fourth-order valence-corrected chi connectivity index (χ4v) is 2.55. The number of esters is 1. The number of methoxy groups -OCH3 is 1. The number of para-hydroxylation sites is 1. The van der Waals surface area contributed by atoms with E-state index >= 15 is 0 Å². The van der Waals surface area contributed by atoms with Crippen molar-refractivity contribution < 1.29 is 13.9 Å². The molecule has 1 heterocycles. The van der Waals surface area contributed by atoms with Crippen LogP contribution in [0.2, 0.25) is 0 Å². The van der Waals surface area contributed by atoms with E-state index in [2.05, 4.69) is 10.6 Å². The van der Waals surface area contributed by atoms with E-state index in [0.717, 1.165) is 0 Å². The molecular formula is C14H19FN2O2. The number of anilines is 1. The third-order valence-electron chi connectivity index (χ3n) is 3.77. The number of rotatable bonds is 3. The minimum absolute atomic E-state index is 0.00769. The number of nitrogens with one attached hydrogen (secondary N) is 2. The van der Waals surface area contributed by atoms with Crippen LogP contribution in [0.15, 0.2) is 24.3 Å². The van der Waals surface area contributed by atoms with Crippen molar-refractivity contribution in [2.45, 2.75) is 18.9 Å². The molecule has 1 aliphatic heterocycles. The predicted octanol–water partition coefficient (Wildman–Crippen LogP) is 1.78. The number of hydrogen-bond acceptors (Lipinski definition) is 4. The maximum Gasteiger partial charge on any atom is 0.331 e. The minimum atomic E-state index is -0.873. The van der Waals surface area contributed by atoms with Crippen LogP contribution in [-0.2, 0) is 9.53 Å². The van der Waals surface area contributed by atoms with Crippen LogP contribution >= 0.6 is 0 Å². The summed E-state index contributed by atoms with van der Waals surface area (Å²) in [5.74, 6) is -0.699. The maximum atomic E-state index is 13.8. The van der Waals surface area contributed by atoms with Gasteiger partial charge < -0.3 is 15.4 Å². The zero-order valence-electron chi connectivity index (χ0n) is 11.2. The van der Waals surface area contributed by atoms with E-state index < -0.39 is 5.54 Å². The summed E-state index contributed by atoms with van der Waals surface area (Å²) >= 11 is 0. The largest absolute Gasteiger partial charge is 0.467 e. The van der Waals surface area contributed by atoms with Crippen LogP contribution in [0, 0.1) is 11.7 Å². The molecule has 2 rings (SSSR count). The fourth-order valence-electron chi connectivity index (χ4n) is 2.55. The monoisotopic (exact) mass is 266 g/mol. The highest BCUT2D eigenvalue weighted by molar-refractivity contribution is 5.85. The van der Waals surface area contributed by atoms with Crippen molar-refractivity contribution in [3.63, 3.8) is 0 Å². The van der Waals surface area contributed by atoms with Gasteiger partial charge >= 0.3 is 5.97 Å². The second-order valence-corrected chi connectivity index (χ2v) is 4.92. The summed E-state index contributed by atoms with van der Waals surface area (Å²) in [6.07, 6.45) is 0.565. The Kier molecular flexibility index (Phi) is 4.04. The second-order valence-electron chi connectivity index (χ2n) is 4.92. The van der Waals surface area contributed by atoms with Crippen LogP contribution in [0.25, 0.3) is 0 Å². The molecule has 19 heavy (non-hydrogen) atoms. The van der Waals surface area contributed by atoms with Gasteiger partial charge in [-0.2, -0.15) is 0 Å². The molecule has 0 spiro atoms. The van der Waals surface area contributed by atoms with E-state index in [4.69, 9.17) is 4.74 Å². The van der Waals surface area contributed by atoms with Gasteiger partial charge in [0, 0.05) is 12.5 Å². The normalized spacial score (nSPS) is 26.8. The van der Waals surface area contributed by atoms with E-state index in [1.54, 1.807) is 18.2 Å². The summed E-state index contributed by atoms with van der Waals surface area (Å²) in [5, 5.41) is 6.30. The molecule has 0 bridgehead atoms. The first-order chi connectivity index (χ1) is 9.10. The Morgan fingerprint density at radius 1 is 1.53 bits per heavy atom. The van der Waals surface area contributed by atoms with Crippen molar-refractivity contribution in [1.29, 1.82) is 0 Å². The van der Waals surface area contributed by atoms with Gasteiger partial charge in [-0.05, 0) is 25.1 Å². The van der Waals surface area contributed by atoms with Crippen LogP contribution in [0.1, 0.15) is 13.3 Å². The van der Waals surface area contributed by atoms with Gasteiger partial charge in [0.15, 0.2) is 0 Å². The van der Waals surface area contributed by atoms with Crippen LogP contribution < -0.4 is 10.6 Å². The Labute approximate surface area is 112 Å². The lowest BCUT2D eigenvalue weighted by atomic mass is 9.79. The molecule has 1 aromatic carbocycles. The van der Waals surface area contributed by atoms with Crippen LogP contribution in [-0.4, -0.2) is 31.7 Å². The molecule has 2 atom stereocenters. The highest BCUT2D eigenvalue weighted by Gasteiger charge is 2.46. The highest BCUT2D eigenvalue weighted by atomic mass is 19.1. The first-order valence-electron chi connectivity index (χ1n) is 6.42. The second kappa shape index (κ2) is 5.57. The SMILES string of the molecule is COC(=O)C1(Nc2ccccc2F)CCNCC1C. The molecule has 1 saturated heterocycles. The van der Waals surface area contributed by atoms with Crippen molar-refractivity contribution in [1.82, 2.24) is 5.32 Å². The zero-order chi connectivity index (χ0) is 13.9. The molecular weight excluding hydrogens is 247 g/mol. The van der Waals surface area contributed by atoms with Gasteiger partial charge in [0.2, 0.25) is 0 Å². The summed E-state index contributed by atoms with van der Waals surface area (Å²) < 4.78 is 18.7. The molecule has 2 N–H and O–H groups in total. The third kappa shape index (κ3) is 2.56. The number of benzene rings is 1. The van der Waals surface area contributed by atoms with Gasteiger partial charge in [0.1, 0.15) is 11.4 Å². The highest BCUT2D eigenvalue weighted by Crippen LogP contribution is 2.31. The van der Waals surface area contributed by atoms with Crippen molar-refractivity contribution in [2.24, 2.45) is 5.92 Å². The lowest BCUT2D eigenvalue weighted by Gasteiger charge is -2.41. The molecule has 4 nitrogen and oxygen atoms in total. The van der Waals surface area contributed by atoms with Gasteiger partial charge in [-0.25, -0.2) is 9.18 Å². The lowest BCUT2D eigenvalue weighted by molar-refractivity contribution is -0.148. The third-order valence-corrected chi connectivity index (χ3v) is 3.77. The summed E-state index contributed by atoms with van der Waals surface area (Å²) in [6, 6.07) is 6.37. The molecule has 2 unspecified atom stereocenters. The number of carbonyl (C=O) groups is 1. The van der Waals surface area contributed by atoms with E-state index in [9.17, 15) is 9.18 Å². The molecule has 0 amide bonds. The Hall–Kier alpha value is -1.62. The molecule has 0 aromatic heterocycles. The smallest absolute Gasteiger partial charge is 0.331 e. The number of piperidine rings is 1. The first-order valence-corrected chi connectivity index (χ1v) is 6.42. The van der Waals surface area contributed by atoms with Crippen LogP contribution in [0.3, 0.4) is 0 Å². The molecule has 104 valence electrons. The summed E-state index contributed by atoms with van der Waals surface area (Å²) in [7, 11) is 1.36. The van der Waals surface area contributed by atoms with Crippen molar-refractivity contribution >= 4 is 11.7 Å². The molecule has 5 heteroatoms. The van der Waals surface area contributed by atoms with Crippen LogP contribution in [0.4, 0.5) is 10.1 Å². The number of ether oxygens (including phenoxy) is 1. The summed E-state index contributed by atoms with van der Waals surface area (Å²) in [6.45, 7) is 3.34. The molecule has 1 aromatic rings. The topological polar surface area (TPSA) is 50.4 Å². The fraction of sp³-hybridized carbons (Fsp3) is 0.500. The number of halogens is 1. The van der Waals surface area contributed by atoms with E-state index in [1.165, 1.54) is 13.2 Å². The van der Waals surface area contributed by atoms with Gasteiger partial charge in [-0.3, -0.25) is 0 Å². The Balaban J connectivity index is 2.33. The van der Waals surface area contributed by atoms with Gasteiger partial charge in [-0.1, -0.05) is 19.1 Å². The molecule has 0 aliphatic carbocycles. The van der Waals surface area contributed by atoms with Crippen molar-refractivity contribution in [3.05, 3.63) is 30.1 Å². The molecule has 0 radical (unpaired) electrons. The van der Waals surface area contributed by atoms with E-state index in [-0.39, 0.29) is 17.7 Å². The van der Waals surface area contributed by atoms with E-state index in [0.29, 0.717) is 25.2 Å². The standard InChI is InChI=1S/C14H19FN2O2/c1-10-9-16-8-7-14(10,13(18)19-2)17-12-6-4-3-5-11(12)15/h3-6,10,16-17H,7-9H2,1-2H3. The van der Waals surface area contributed by atoms with Gasteiger partial charge in [0.05, 0.1) is 12.8 Å². The number of hydrogen-bond donors (Lipinski definition) is 2.